The number of nitrogens with zero attached hydrogens (tertiary/aromatic N) is 4. The number of rotatable bonds is 6. The molecule has 1 N–H and O–H groups in total. The third kappa shape index (κ3) is 5.10. The van der Waals surface area contributed by atoms with Crippen molar-refractivity contribution in [3.63, 3.8) is 0 Å². The van der Waals surface area contributed by atoms with E-state index in [1.807, 2.05) is 12.1 Å². The first-order valence-corrected chi connectivity index (χ1v) is 9.96. The van der Waals surface area contributed by atoms with Crippen LogP contribution in [-0.2, 0) is 16.4 Å². The maximum Gasteiger partial charge on any atom is 0.251 e. The molecule has 2 aromatic rings. The summed E-state index contributed by atoms with van der Waals surface area (Å²) in [7, 11) is -2.86. The molecule has 0 radical (unpaired) electrons. The van der Waals surface area contributed by atoms with E-state index in [0.29, 0.717) is 38.3 Å². The molecule has 3 rings (SSSR count). The van der Waals surface area contributed by atoms with Crippen LogP contribution in [-0.4, -0.2) is 71.7 Å². The van der Waals surface area contributed by atoms with Crippen LogP contribution in [0.2, 0.25) is 0 Å². The van der Waals surface area contributed by atoms with Crippen LogP contribution >= 0.6 is 0 Å². The van der Waals surface area contributed by atoms with Gasteiger partial charge in [-0.3, -0.25) is 9.69 Å². The number of aromatic nitrogens is 3. The van der Waals surface area contributed by atoms with Crippen molar-refractivity contribution in [2.75, 3.05) is 37.7 Å². The van der Waals surface area contributed by atoms with Crippen LogP contribution in [0.1, 0.15) is 15.9 Å². The van der Waals surface area contributed by atoms with Crippen molar-refractivity contribution in [3.8, 4) is 0 Å². The van der Waals surface area contributed by atoms with Crippen LogP contribution in [0.15, 0.2) is 36.9 Å². The molecular formula is C16H21N5O3S. The first-order valence-electron chi connectivity index (χ1n) is 8.14. The van der Waals surface area contributed by atoms with Crippen molar-refractivity contribution >= 4 is 15.7 Å². The molecule has 0 bridgehead atoms. The van der Waals surface area contributed by atoms with E-state index in [0.717, 1.165) is 5.56 Å². The van der Waals surface area contributed by atoms with Crippen molar-refractivity contribution in [2.24, 2.45) is 0 Å². The maximum absolute atomic E-state index is 12.2. The lowest BCUT2D eigenvalue weighted by Crippen LogP contribution is -2.43. The number of amides is 1. The quantitative estimate of drug-likeness (QED) is 0.763. The lowest BCUT2D eigenvalue weighted by atomic mass is 10.1. The smallest absolute Gasteiger partial charge is 0.251 e. The van der Waals surface area contributed by atoms with Gasteiger partial charge in [-0.2, -0.15) is 5.10 Å². The molecule has 1 aliphatic heterocycles. The molecule has 0 spiro atoms. The molecule has 1 aromatic heterocycles. The molecule has 0 atom stereocenters. The van der Waals surface area contributed by atoms with Gasteiger partial charge in [0.15, 0.2) is 9.84 Å². The molecule has 1 aliphatic rings. The molecule has 2 heterocycles. The summed E-state index contributed by atoms with van der Waals surface area (Å²) in [5, 5.41) is 6.92. The highest BCUT2D eigenvalue weighted by Crippen LogP contribution is 2.06. The largest absolute Gasteiger partial charge is 0.351 e. The molecule has 134 valence electrons. The first-order chi connectivity index (χ1) is 12.0. The summed E-state index contributed by atoms with van der Waals surface area (Å²) >= 11 is 0. The normalized spacial score (nSPS) is 17.3. The van der Waals surface area contributed by atoms with Crippen molar-refractivity contribution in [2.45, 2.75) is 6.54 Å². The van der Waals surface area contributed by atoms with E-state index in [1.54, 1.807) is 23.1 Å². The summed E-state index contributed by atoms with van der Waals surface area (Å²) in [4.78, 5) is 18.1. The molecule has 0 aliphatic carbocycles. The minimum atomic E-state index is -2.86. The minimum absolute atomic E-state index is 0.128. The van der Waals surface area contributed by atoms with E-state index in [1.165, 1.54) is 6.33 Å². The van der Waals surface area contributed by atoms with Gasteiger partial charge in [-0.05, 0) is 17.7 Å². The van der Waals surface area contributed by atoms with E-state index in [4.69, 9.17) is 0 Å². The van der Waals surface area contributed by atoms with Crippen LogP contribution in [0, 0.1) is 0 Å². The van der Waals surface area contributed by atoms with Gasteiger partial charge in [0.2, 0.25) is 0 Å². The fraction of sp³-hybridized carbons (Fsp3) is 0.438. The molecule has 1 aromatic carbocycles. The minimum Gasteiger partial charge on any atom is -0.351 e. The predicted molar refractivity (Wildman–Crippen MR) is 93.0 cm³/mol. The highest BCUT2D eigenvalue weighted by molar-refractivity contribution is 7.91. The monoisotopic (exact) mass is 363 g/mol. The summed E-state index contributed by atoms with van der Waals surface area (Å²) in [5.41, 5.74) is 1.64. The molecule has 1 saturated heterocycles. The second-order valence-electron chi connectivity index (χ2n) is 6.04. The summed E-state index contributed by atoms with van der Waals surface area (Å²) in [6.45, 7) is 2.84. The molecule has 1 fully saturated rings. The number of hydrogen-bond acceptors (Lipinski definition) is 6. The lowest BCUT2D eigenvalue weighted by molar-refractivity contribution is 0.0948. The predicted octanol–water partition coefficient (Wildman–Crippen LogP) is -0.213. The standard InChI is InChI=1S/C16H21N5O3S/c22-16(18-5-6-20-7-9-25(23,24)10-8-20)15-3-1-14(2-4-15)11-21-13-17-12-19-21/h1-4,12-13H,5-11H2,(H,18,22). The van der Waals surface area contributed by atoms with Crippen LogP contribution in [0.5, 0.6) is 0 Å². The zero-order valence-corrected chi connectivity index (χ0v) is 14.7. The Kier molecular flexibility index (Phi) is 5.44. The lowest BCUT2D eigenvalue weighted by Gasteiger charge is -2.26. The molecule has 9 heteroatoms. The number of carbonyl (C=O) groups is 1. The van der Waals surface area contributed by atoms with E-state index in [-0.39, 0.29) is 17.4 Å². The van der Waals surface area contributed by atoms with Gasteiger partial charge >= 0.3 is 0 Å². The number of hydrogen-bond donors (Lipinski definition) is 1. The van der Waals surface area contributed by atoms with Gasteiger partial charge in [-0.1, -0.05) is 12.1 Å². The summed E-state index contributed by atoms with van der Waals surface area (Å²) in [6, 6.07) is 7.36. The third-order valence-electron chi connectivity index (χ3n) is 4.18. The number of carbonyl (C=O) groups excluding carboxylic acids is 1. The zero-order valence-electron chi connectivity index (χ0n) is 13.8. The Morgan fingerprint density at radius 3 is 2.52 bits per heavy atom. The SMILES string of the molecule is O=C(NCCN1CCS(=O)(=O)CC1)c1ccc(Cn2cncn2)cc1. The van der Waals surface area contributed by atoms with Crippen molar-refractivity contribution in [3.05, 3.63) is 48.0 Å². The molecule has 1 amide bonds. The maximum atomic E-state index is 12.2. The molecule has 25 heavy (non-hydrogen) atoms. The number of nitrogens with one attached hydrogen (secondary N) is 1. The average Bonchev–Trinajstić information content (AvgIpc) is 3.10. The highest BCUT2D eigenvalue weighted by Gasteiger charge is 2.21. The molecule has 8 nitrogen and oxygen atoms in total. The van der Waals surface area contributed by atoms with Gasteiger partial charge in [0, 0.05) is 31.7 Å². The van der Waals surface area contributed by atoms with Gasteiger partial charge in [-0.25, -0.2) is 18.1 Å². The molecular weight excluding hydrogens is 342 g/mol. The fourth-order valence-corrected chi connectivity index (χ4v) is 3.94. The summed E-state index contributed by atoms with van der Waals surface area (Å²) in [5.74, 6) is 0.277. The van der Waals surface area contributed by atoms with Crippen LogP contribution in [0.25, 0.3) is 0 Å². The average molecular weight is 363 g/mol. The Hall–Kier alpha value is -2.26. The second kappa shape index (κ2) is 7.75. The van der Waals surface area contributed by atoms with Crippen molar-refractivity contribution < 1.29 is 13.2 Å². The molecule has 0 saturated carbocycles. The Morgan fingerprint density at radius 2 is 1.88 bits per heavy atom. The van der Waals surface area contributed by atoms with Crippen LogP contribution in [0.4, 0.5) is 0 Å². The van der Waals surface area contributed by atoms with E-state index >= 15 is 0 Å². The topological polar surface area (TPSA) is 97.2 Å². The zero-order chi connectivity index (χ0) is 17.7. The second-order valence-corrected chi connectivity index (χ2v) is 8.34. The highest BCUT2D eigenvalue weighted by atomic mass is 32.2. The van der Waals surface area contributed by atoms with Crippen LogP contribution in [0.3, 0.4) is 0 Å². The van der Waals surface area contributed by atoms with Gasteiger partial charge in [0.05, 0.1) is 18.1 Å². The van der Waals surface area contributed by atoms with Gasteiger partial charge < -0.3 is 5.32 Å². The molecule has 0 unspecified atom stereocenters. The van der Waals surface area contributed by atoms with E-state index in [2.05, 4.69) is 20.3 Å². The summed E-state index contributed by atoms with van der Waals surface area (Å²) < 4.78 is 24.5. The number of benzene rings is 1. The van der Waals surface area contributed by atoms with Gasteiger partial charge in [0.1, 0.15) is 12.7 Å². The van der Waals surface area contributed by atoms with Gasteiger partial charge in [0.25, 0.3) is 5.91 Å². The number of sulfone groups is 1. The third-order valence-corrected chi connectivity index (χ3v) is 5.79. The fourth-order valence-electron chi connectivity index (χ4n) is 2.67. The summed E-state index contributed by atoms with van der Waals surface area (Å²) in [6.07, 6.45) is 3.13. The van der Waals surface area contributed by atoms with Crippen molar-refractivity contribution in [1.82, 2.24) is 25.0 Å². The van der Waals surface area contributed by atoms with Crippen molar-refractivity contribution in [1.29, 1.82) is 0 Å². The van der Waals surface area contributed by atoms with Crippen LogP contribution < -0.4 is 5.32 Å². The van der Waals surface area contributed by atoms with E-state index < -0.39 is 9.84 Å². The van der Waals surface area contributed by atoms with Gasteiger partial charge in [-0.15, -0.1) is 0 Å². The Labute approximate surface area is 146 Å². The van der Waals surface area contributed by atoms with E-state index in [9.17, 15) is 13.2 Å². The Bertz CT molecular complexity index is 789. The Morgan fingerprint density at radius 1 is 1.16 bits per heavy atom. The first kappa shape index (κ1) is 17.6. The Balaban J connectivity index is 1.43.